The number of rotatable bonds is 5. The van der Waals surface area contributed by atoms with E-state index in [9.17, 15) is 4.79 Å². The summed E-state index contributed by atoms with van der Waals surface area (Å²) in [5.74, 6) is 0.145. The Kier molecular flexibility index (Phi) is 5.59. The molecule has 0 radical (unpaired) electrons. The first-order valence-electron chi connectivity index (χ1n) is 7.65. The van der Waals surface area contributed by atoms with E-state index in [1.807, 2.05) is 42.5 Å². The van der Waals surface area contributed by atoms with Crippen molar-refractivity contribution in [3.05, 3.63) is 82.8 Å². The maximum absolute atomic E-state index is 12.0. The maximum Gasteiger partial charge on any atom is 0.262 e. The molecule has 0 atom stereocenters. The normalized spacial score (nSPS) is 10.3. The zero-order chi connectivity index (χ0) is 17.6. The average molecular weight is 372 g/mol. The second kappa shape index (κ2) is 8.06. The number of carbonyl (C=O) groups is 1. The summed E-state index contributed by atoms with van der Waals surface area (Å²) >= 11 is 12.3. The lowest BCUT2D eigenvalue weighted by atomic mass is 10.1. The predicted molar refractivity (Wildman–Crippen MR) is 102 cm³/mol. The Hall–Kier alpha value is -2.49. The predicted octanol–water partition coefficient (Wildman–Crippen LogP) is 5.68. The molecule has 1 N–H and O–H groups in total. The second-order valence-corrected chi connectivity index (χ2v) is 6.14. The van der Waals surface area contributed by atoms with Crippen LogP contribution in [0, 0.1) is 0 Å². The van der Waals surface area contributed by atoms with Gasteiger partial charge in [0.2, 0.25) is 0 Å². The SMILES string of the molecule is O=C(COc1ccc(-c2ccccc2)cc1Cl)Nc1ccccc1Cl. The summed E-state index contributed by atoms with van der Waals surface area (Å²) in [6.07, 6.45) is 0. The molecular formula is C20H15Cl2NO2. The number of carbonyl (C=O) groups excluding carboxylic acids is 1. The number of halogens is 2. The summed E-state index contributed by atoms with van der Waals surface area (Å²) in [5, 5.41) is 3.62. The molecule has 0 spiro atoms. The van der Waals surface area contributed by atoms with Crippen molar-refractivity contribution in [2.75, 3.05) is 11.9 Å². The summed E-state index contributed by atoms with van der Waals surface area (Å²) in [5.41, 5.74) is 2.59. The minimum atomic E-state index is -0.309. The average Bonchev–Trinajstić information content (AvgIpc) is 2.63. The maximum atomic E-state index is 12.0. The third-order valence-corrected chi connectivity index (χ3v) is 4.17. The number of ether oxygens (including phenoxy) is 1. The number of benzene rings is 3. The second-order valence-electron chi connectivity index (χ2n) is 5.33. The van der Waals surface area contributed by atoms with E-state index in [0.29, 0.717) is 21.5 Å². The van der Waals surface area contributed by atoms with Crippen molar-refractivity contribution < 1.29 is 9.53 Å². The molecule has 25 heavy (non-hydrogen) atoms. The van der Waals surface area contributed by atoms with E-state index >= 15 is 0 Å². The van der Waals surface area contributed by atoms with Gasteiger partial charge >= 0.3 is 0 Å². The highest BCUT2D eigenvalue weighted by Gasteiger charge is 2.09. The molecule has 1 amide bonds. The molecule has 0 aliphatic carbocycles. The quantitative estimate of drug-likeness (QED) is 0.626. The van der Waals surface area contributed by atoms with Crippen molar-refractivity contribution in [2.45, 2.75) is 0 Å². The van der Waals surface area contributed by atoms with Gasteiger partial charge in [-0.15, -0.1) is 0 Å². The van der Waals surface area contributed by atoms with E-state index in [2.05, 4.69) is 5.32 Å². The van der Waals surface area contributed by atoms with Gasteiger partial charge in [-0.3, -0.25) is 4.79 Å². The molecule has 0 saturated heterocycles. The first-order chi connectivity index (χ1) is 12.1. The van der Waals surface area contributed by atoms with Crippen LogP contribution in [0.4, 0.5) is 5.69 Å². The van der Waals surface area contributed by atoms with Crippen LogP contribution in [-0.2, 0) is 4.79 Å². The van der Waals surface area contributed by atoms with Crippen LogP contribution in [0.1, 0.15) is 0 Å². The van der Waals surface area contributed by atoms with E-state index in [0.717, 1.165) is 11.1 Å². The van der Waals surface area contributed by atoms with E-state index in [-0.39, 0.29) is 12.5 Å². The number of anilines is 1. The fourth-order valence-corrected chi connectivity index (χ4v) is 2.74. The van der Waals surface area contributed by atoms with Crippen LogP contribution in [0.5, 0.6) is 5.75 Å². The Morgan fingerprint density at radius 1 is 0.840 bits per heavy atom. The first-order valence-corrected chi connectivity index (χ1v) is 8.41. The van der Waals surface area contributed by atoms with Crippen molar-refractivity contribution in [3.8, 4) is 16.9 Å². The van der Waals surface area contributed by atoms with Gasteiger partial charge in [0, 0.05) is 0 Å². The van der Waals surface area contributed by atoms with Crippen LogP contribution < -0.4 is 10.1 Å². The summed E-state index contributed by atoms with van der Waals surface area (Å²) < 4.78 is 5.51. The summed E-state index contributed by atoms with van der Waals surface area (Å²) in [7, 11) is 0. The Balaban J connectivity index is 1.63. The third-order valence-electron chi connectivity index (χ3n) is 3.55. The molecule has 5 heteroatoms. The molecule has 0 aliphatic rings. The molecule has 0 saturated carbocycles. The fraction of sp³-hybridized carbons (Fsp3) is 0.0500. The Morgan fingerprint density at radius 3 is 2.28 bits per heavy atom. The fourth-order valence-electron chi connectivity index (χ4n) is 2.32. The van der Waals surface area contributed by atoms with Crippen LogP contribution in [0.25, 0.3) is 11.1 Å². The summed E-state index contributed by atoms with van der Waals surface area (Å²) in [6.45, 7) is -0.157. The highest BCUT2D eigenvalue weighted by atomic mass is 35.5. The Morgan fingerprint density at radius 2 is 1.56 bits per heavy atom. The molecule has 0 aliphatic heterocycles. The van der Waals surface area contributed by atoms with Crippen molar-refractivity contribution in [3.63, 3.8) is 0 Å². The monoisotopic (exact) mass is 371 g/mol. The molecule has 0 aromatic heterocycles. The van der Waals surface area contributed by atoms with Gasteiger partial charge in [0.1, 0.15) is 5.75 Å². The minimum absolute atomic E-state index is 0.157. The summed E-state index contributed by atoms with van der Waals surface area (Å²) in [4.78, 5) is 12.0. The standard InChI is InChI=1S/C20H15Cl2NO2/c21-16-8-4-5-9-18(16)23-20(24)13-25-19-11-10-15(12-17(19)22)14-6-2-1-3-7-14/h1-12H,13H2,(H,23,24). The largest absolute Gasteiger partial charge is 0.482 e. The molecule has 3 nitrogen and oxygen atoms in total. The lowest BCUT2D eigenvalue weighted by Crippen LogP contribution is -2.20. The minimum Gasteiger partial charge on any atom is -0.482 e. The van der Waals surface area contributed by atoms with Crippen LogP contribution >= 0.6 is 23.2 Å². The van der Waals surface area contributed by atoms with Crippen LogP contribution in [0.15, 0.2) is 72.8 Å². The molecule has 3 aromatic rings. The number of nitrogens with one attached hydrogen (secondary N) is 1. The van der Waals surface area contributed by atoms with Crippen LogP contribution in [0.3, 0.4) is 0 Å². The Bertz CT molecular complexity index is 882. The zero-order valence-corrected chi connectivity index (χ0v) is 14.7. The number of hydrogen-bond acceptors (Lipinski definition) is 2. The van der Waals surface area contributed by atoms with Crippen LogP contribution in [0.2, 0.25) is 10.0 Å². The van der Waals surface area contributed by atoms with Gasteiger partial charge in [0.15, 0.2) is 6.61 Å². The lowest BCUT2D eigenvalue weighted by molar-refractivity contribution is -0.118. The van der Waals surface area contributed by atoms with Gasteiger partial charge in [-0.05, 0) is 35.4 Å². The molecule has 3 rings (SSSR count). The van der Waals surface area contributed by atoms with E-state index in [1.165, 1.54) is 0 Å². The molecule has 0 heterocycles. The summed E-state index contributed by atoms with van der Waals surface area (Å²) in [6, 6.07) is 22.4. The van der Waals surface area contributed by atoms with E-state index < -0.39 is 0 Å². The van der Waals surface area contributed by atoms with Crippen molar-refractivity contribution in [1.82, 2.24) is 0 Å². The van der Waals surface area contributed by atoms with Gasteiger partial charge in [-0.1, -0.05) is 71.7 Å². The first kappa shape index (κ1) is 17.3. The highest BCUT2D eigenvalue weighted by Crippen LogP contribution is 2.30. The molecular weight excluding hydrogens is 357 g/mol. The van der Waals surface area contributed by atoms with Crippen molar-refractivity contribution >= 4 is 34.8 Å². The molecule has 3 aromatic carbocycles. The lowest BCUT2D eigenvalue weighted by Gasteiger charge is -2.11. The molecule has 0 fully saturated rings. The topological polar surface area (TPSA) is 38.3 Å². The van der Waals surface area contributed by atoms with Gasteiger partial charge in [0.25, 0.3) is 5.91 Å². The Labute approximate surface area is 156 Å². The molecule has 0 unspecified atom stereocenters. The smallest absolute Gasteiger partial charge is 0.262 e. The van der Waals surface area contributed by atoms with E-state index in [1.54, 1.807) is 30.3 Å². The number of amides is 1. The van der Waals surface area contributed by atoms with Crippen molar-refractivity contribution in [2.24, 2.45) is 0 Å². The van der Waals surface area contributed by atoms with Gasteiger partial charge in [-0.2, -0.15) is 0 Å². The van der Waals surface area contributed by atoms with Crippen LogP contribution in [-0.4, -0.2) is 12.5 Å². The number of hydrogen-bond donors (Lipinski definition) is 1. The number of para-hydroxylation sites is 1. The molecule has 126 valence electrons. The van der Waals surface area contributed by atoms with Gasteiger partial charge < -0.3 is 10.1 Å². The van der Waals surface area contributed by atoms with Crippen molar-refractivity contribution in [1.29, 1.82) is 0 Å². The molecule has 0 bridgehead atoms. The third kappa shape index (κ3) is 4.53. The van der Waals surface area contributed by atoms with E-state index in [4.69, 9.17) is 27.9 Å². The van der Waals surface area contributed by atoms with Gasteiger partial charge in [-0.25, -0.2) is 0 Å². The zero-order valence-electron chi connectivity index (χ0n) is 13.2. The van der Waals surface area contributed by atoms with Gasteiger partial charge in [0.05, 0.1) is 15.7 Å². The highest BCUT2D eigenvalue weighted by molar-refractivity contribution is 6.33.